The molecule has 3 aromatic heterocycles. The molecular weight excluding hydrogens is 420 g/mol. The van der Waals surface area contributed by atoms with E-state index in [0.29, 0.717) is 43.0 Å². The Kier molecular flexibility index (Phi) is 6.16. The van der Waals surface area contributed by atoms with Crippen LogP contribution in [0.2, 0.25) is 0 Å². The van der Waals surface area contributed by atoms with Gasteiger partial charge in [-0.15, -0.1) is 6.42 Å². The first-order valence-corrected chi connectivity index (χ1v) is 10.6. The minimum Gasteiger partial charge on any atom is -0.486 e. The summed E-state index contributed by atoms with van der Waals surface area (Å²) in [6.45, 7) is 5.84. The molecular formula is C24H24N6O3. The van der Waals surface area contributed by atoms with E-state index >= 15 is 0 Å². The van der Waals surface area contributed by atoms with Crippen LogP contribution in [0.4, 0.5) is 5.82 Å². The van der Waals surface area contributed by atoms with Gasteiger partial charge in [0.25, 0.3) is 5.91 Å². The van der Waals surface area contributed by atoms with Gasteiger partial charge in [-0.25, -0.2) is 9.50 Å². The molecule has 3 aromatic rings. The number of ether oxygens (including phenoxy) is 1. The van der Waals surface area contributed by atoms with E-state index in [-0.39, 0.29) is 5.91 Å². The second kappa shape index (κ2) is 9.19. The van der Waals surface area contributed by atoms with Crippen molar-refractivity contribution in [3.05, 3.63) is 42.4 Å². The zero-order valence-corrected chi connectivity index (χ0v) is 18.5. The highest BCUT2D eigenvalue weighted by Gasteiger charge is 2.21. The number of piperazine rings is 1. The van der Waals surface area contributed by atoms with Crippen molar-refractivity contribution in [1.82, 2.24) is 19.5 Å². The second-order valence-corrected chi connectivity index (χ2v) is 7.94. The fourth-order valence-electron chi connectivity index (χ4n) is 3.74. The number of nitriles is 1. The van der Waals surface area contributed by atoms with Crippen LogP contribution in [-0.2, 0) is 4.79 Å². The normalized spacial score (nSPS) is 15.5. The summed E-state index contributed by atoms with van der Waals surface area (Å²) in [6.07, 6.45) is 9.11. The molecule has 9 nitrogen and oxygen atoms in total. The maximum Gasteiger partial charge on any atom is 0.298 e. The van der Waals surface area contributed by atoms with E-state index < -0.39 is 12.2 Å². The molecule has 168 valence electrons. The van der Waals surface area contributed by atoms with Gasteiger partial charge in [0.2, 0.25) is 0 Å². The Balaban J connectivity index is 1.63. The van der Waals surface area contributed by atoms with Crippen LogP contribution in [0.15, 0.2) is 36.8 Å². The molecule has 4 heterocycles. The lowest BCUT2D eigenvalue weighted by molar-refractivity contribution is -0.125. The molecule has 0 aromatic carbocycles. The summed E-state index contributed by atoms with van der Waals surface area (Å²) in [5, 5.41) is 23.6. The predicted octanol–water partition coefficient (Wildman–Crippen LogP) is 1.70. The number of hydrogen-bond donors (Lipinski definition) is 1. The van der Waals surface area contributed by atoms with Gasteiger partial charge in [-0.1, -0.05) is 0 Å². The third-order valence-corrected chi connectivity index (χ3v) is 5.78. The molecule has 9 heteroatoms. The third-order valence-electron chi connectivity index (χ3n) is 5.78. The lowest BCUT2D eigenvalue weighted by Gasteiger charge is -2.34. The molecule has 0 bridgehead atoms. The van der Waals surface area contributed by atoms with E-state index in [1.54, 1.807) is 35.7 Å². The SMILES string of the molecule is C#CC(=O)N1CCN(c2ccc(-c3cc(O[C@H](C)[C@@H](C)O)cn4ncc(C#N)c34)cn2)CC1. The number of amides is 1. The van der Waals surface area contributed by atoms with E-state index in [1.165, 1.54) is 6.20 Å². The number of fused-ring (bicyclic) bond motifs is 1. The summed E-state index contributed by atoms with van der Waals surface area (Å²) in [5.41, 5.74) is 2.66. The standard InChI is InChI=1S/C24H24N6O3/c1-4-23(32)29-9-7-28(8-10-29)22-6-5-18(13-26-22)21-11-20(33-17(3)16(2)31)15-30-24(21)19(12-25)14-27-30/h1,5-6,11,13-17,31H,7-10H2,2-3H3/t16-,17-/m1/s1. The van der Waals surface area contributed by atoms with Crippen molar-refractivity contribution >= 4 is 17.2 Å². The van der Waals surface area contributed by atoms with Gasteiger partial charge in [-0.05, 0) is 38.0 Å². The minimum atomic E-state index is -0.645. The number of carbonyl (C=O) groups excluding carboxylic acids is 1. The predicted molar refractivity (Wildman–Crippen MR) is 123 cm³/mol. The number of rotatable bonds is 5. The Bertz CT molecular complexity index is 1240. The summed E-state index contributed by atoms with van der Waals surface area (Å²) in [4.78, 5) is 20.1. The van der Waals surface area contributed by atoms with E-state index in [4.69, 9.17) is 11.2 Å². The van der Waals surface area contributed by atoms with Gasteiger partial charge in [0.05, 0.1) is 29.6 Å². The number of aromatic nitrogens is 3. The number of aliphatic hydroxyl groups is 1. The summed E-state index contributed by atoms with van der Waals surface area (Å²) < 4.78 is 7.48. The van der Waals surface area contributed by atoms with Crippen LogP contribution in [0.5, 0.6) is 5.75 Å². The smallest absolute Gasteiger partial charge is 0.298 e. The van der Waals surface area contributed by atoms with E-state index in [0.717, 1.165) is 16.9 Å². The van der Waals surface area contributed by atoms with Crippen LogP contribution in [0, 0.1) is 23.7 Å². The van der Waals surface area contributed by atoms with Crippen molar-refractivity contribution in [2.75, 3.05) is 31.1 Å². The van der Waals surface area contributed by atoms with Gasteiger partial charge >= 0.3 is 0 Å². The van der Waals surface area contributed by atoms with Gasteiger partial charge in [0, 0.05) is 43.5 Å². The van der Waals surface area contributed by atoms with Crippen molar-refractivity contribution in [3.8, 4) is 35.3 Å². The lowest BCUT2D eigenvalue weighted by Crippen LogP contribution is -2.48. The van der Waals surface area contributed by atoms with Crippen LogP contribution >= 0.6 is 0 Å². The van der Waals surface area contributed by atoms with Crippen LogP contribution in [-0.4, -0.2) is 68.9 Å². The van der Waals surface area contributed by atoms with Crippen molar-refractivity contribution in [3.63, 3.8) is 0 Å². The Hall–Kier alpha value is -4.08. The van der Waals surface area contributed by atoms with Crippen LogP contribution < -0.4 is 9.64 Å². The van der Waals surface area contributed by atoms with Crippen molar-refractivity contribution in [1.29, 1.82) is 5.26 Å². The molecule has 0 radical (unpaired) electrons. The Morgan fingerprint density at radius 2 is 2.00 bits per heavy atom. The Morgan fingerprint density at radius 3 is 2.61 bits per heavy atom. The number of pyridine rings is 2. The fourth-order valence-corrected chi connectivity index (χ4v) is 3.74. The highest BCUT2D eigenvalue weighted by atomic mass is 16.5. The highest BCUT2D eigenvalue weighted by molar-refractivity contribution is 5.93. The molecule has 1 saturated heterocycles. The summed E-state index contributed by atoms with van der Waals surface area (Å²) in [5.74, 6) is 3.19. The van der Waals surface area contributed by atoms with Crippen LogP contribution in [0.3, 0.4) is 0 Å². The fraction of sp³-hybridized carbons (Fsp3) is 0.333. The molecule has 4 rings (SSSR count). The average molecular weight is 444 g/mol. The summed E-state index contributed by atoms with van der Waals surface area (Å²) in [7, 11) is 0. The van der Waals surface area contributed by atoms with Gasteiger partial charge < -0.3 is 19.6 Å². The summed E-state index contributed by atoms with van der Waals surface area (Å²) >= 11 is 0. The molecule has 1 fully saturated rings. The van der Waals surface area contributed by atoms with Crippen molar-refractivity contribution < 1.29 is 14.6 Å². The number of carbonyl (C=O) groups is 1. The van der Waals surface area contributed by atoms with Gasteiger partial charge in [-0.3, -0.25) is 4.79 Å². The maximum atomic E-state index is 11.7. The number of hydrogen-bond acceptors (Lipinski definition) is 7. The zero-order valence-electron chi connectivity index (χ0n) is 18.5. The Morgan fingerprint density at radius 1 is 1.24 bits per heavy atom. The molecule has 1 aliphatic rings. The lowest BCUT2D eigenvalue weighted by atomic mass is 10.1. The average Bonchev–Trinajstić information content (AvgIpc) is 3.26. The quantitative estimate of drug-likeness (QED) is 0.597. The topological polar surface area (TPSA) is 107 Å². The van der Waals surface area contributed by atoms with Crippen LogP contribution in [0.1, 0.15) is 19.4 Å². The first-order valence-electron chi connectivity index (χ1n) is 10.6. The first-order chi connectivity index (χ1) is 15.9. The second-order valence-electron chi connectivity index (χ2n) is 7.94. The van der Waals surface area contributed by atoms with E-state index in [2.05, 4.69) is 27.0 Å². The molecule has 0 aliphatic carbocycles. The molecule has 2 atom stereocenters. The van der Waals surface area contributed by atoms with Gasteiger partial charge in [0.15, 0.2) is 0 Å². The highest BCUT2D eigenvalue weighted by Crippen LogP contribution is 2.32. The molecule has 1 N–H and O–H groups in total. The zero-order chi connectivity index (χ0) is 23.5. The number of terminal acetylenes is 1. The van der Waals surface area contributed by atoms with E-state index in [9.17, 15) is 15.2 Å². The van der Waals surface area contributed by atoms with Crippen molar-refractivity contribution in [2.24, 2.45) is 0 Å². The summed E-state index contributed by atoms with van der Waals surface area (Å²) in [6, 6.07) is 7.86. The molecule has 1 aliphatic heterocycles. The molecule has 0 unspecified atom stereocenters. The van der Waals surface area contributed by atoms with Crippen molar-refractivity contribution in [2.45, 2.75) is 26.1 Å². The number of anilines is 1. The molecule has 0 spiro atoms. The van der Waals surface area contributed by atoms with Crippen LogP contribution in [0.25, 0.3) is 16.6 Å². The maximum absolute atomic E-state index is 11.7. The third kappa shape index (κ3) is 4.45. The molecule has 0 saturated carbocycles. The van der Waals surface area contributed by atoms with E-state index in [1.807, 2.05) is 18.2 Å². The number of aliphatic hydroxyl groups excluding tert-OH is 1. The largest absolute Gasteiger partial charge is 0.486 e. The van der Waals surface area contributed by atoms with Gasteiger partial charge in [-0.2, -0.15) is 10.4 Å². The molecule has 33 heavy (non-hydrogen) atoms. The first kappa shape index (κ1) is 22.1. The monoisotopic (exact) mass is 444 g/mol. The number of nitrogens with zero attached hydrogens (tertiary/aromatic N) is 6. The Labute approximate surface area is 191 Å². The molecule has 1 amide bonds. The van der Waals surface area contributed by atoms with Gasteiger partial charge in [0.1, 0.15) is 23.7 Å². The minimum absolute atomic E-state index is 0.289.